The van der Waals surface area contributed by atoms with E-state index < -0.39 is 0 Å². The molecule has 0 saturated heterocycles. The van der Waals surface area contributed by atoms with Crippen molar-refractivity contribution >= 4 is 21.8 Å². The molecule has 1 N–H and O–H groups in total. The molecule has 0 fully saturated rings. The van der Waals surface area contributed by atoms with E-state index in [4.69, 9.17) is 0 Å². The molecule has 5 heteroatoms. The maximum atomic E-state index is 12.0. The van der Waals surface area contributed by atoms with Crippen LogP contribution in [0.2, 0.25) is 0 Å². The lowest BCUT2D eigenvalue weighted by atomic mass is 10.2. The summed E-state index contributed by atoms with van der Waals surface area (Å²) in [7, 11) is 0. The third kappa shape index (κ3) is 3.20. The Morgan fingerprint density at radius 2 is 2.38 bits per heavy atom. The minimum atomic E-state index is -0.150. The number of halogens is 1. The summed E-state index contributed by atoms with van der Waals surface area (Å²) in [5, 5.41) is 10.4. The van der Waals surface area contributed by atoms with Crippen LogP contribution in [0.1, 0.15) is 23.7 Å². The number of amides is 1. The van der Waals surface area contributed by atoms with Crippen LogP contribution in [0.5, 0.6) is 5.75 Å². The smallest absolute Gasteiger partial charge is 0.257 e. The second-order valence-electron chi connectivity index (χ2n) is 3.32. The monoisotopic (exact) mass is 286 g/mol. The zero-order valence-corrected chi connectivity index (χ0v) is 10.8. The van der Waals surface area contributed by atoms with E-state index in [2.05, 4.69) is 20.9 Å². The van der Waals surface area contributed by atoms with Crippen LogP contribution >= 0.6 is 15.9 Å². The number of alkyl halides is 1. The predicted octanol–water partition coefficient (Wildman–Crippen LogP) is 2.03. The van der Waals surface area contributed by atoms with Crippen LogP contribution in [0.25, 0.3) is 0 Å². The van der Waals surface area contributed by atoms with Gasteiger partial charge in [-0.3, -0.25) is 9.78 Å². The Labute approximate surface area is 103 Å². The van der Waals surface area contributed by atoms with E-state index >= 15 is 0 Å². The van der Waals surface area contributed by atoms with Crippen LogP contribution in [-0.4, -0.2) is 39.3 Å². The largest absolute Gasteiger partial charge is 0.505 e. The molecule has 0 aliphatic carbocycles. The van der Waals surface area contributed by atoms with Gasteiger partial charge >= 0.3 is 0 Å². The second-order valence-corrected chi connectivity index (χ2v) is 4.11. The van der Waals surface area contributed by atoms with Crippen molar-refractivity contribution in [1.29, 1.82) is 0 Å². The Bertz CT molecular complexity index is 358. The van der Waals surface area contributed by atoms with Crippen LogP contribution in [0.3, 0.4) is 0 Å². The van der Waals surface area contributed by atoms with E-state index in [0.29, 0.717) is 18.7 Å². The molecule has 1 aromatic heterocycles. The highest BCUT2D eigenvalue weighted by atomic mass is 79.9. The number of carbonyl (C=O) groups excluding carboxylic acids is 1. The molecule has 1 heterocycles. The van der Waals surface area contributed by atoms with Crippen molar-refractivity contribution in [2.75, 3.05) is 18.4 Å². The summed E-state index contributed by atoms with van der Waals surface area (Å²) in [4.78, 5) is 17.5. The Balaban J connectivity index is 2.79. The van der Waals surface area contributed by atoms with E-state index in [1.165, 1.54) is 18.5 Å². The lowest BCUT2D eigenvalue weighted by molar-refractivity contribution is 0.0762. The molecule has 16 heavy (non-hydrogen) atoms. The van der Waals surface area contributed by atoms with E-state index in [9.17, 15) is 9.90 Å². The lowest BCUT2D eigenvalue weighted by Crippen LogP contribution is -2.32. The first-order valence-corrected chi connectivity index (χ1v) is 6.31. The van der Waals surface area contributed by atoms with Gasteiger partial charge < -0.3 is 10.0 Å². The Hall–Kier alpha value is -1.10. The van der Waals surface area contributed by atoms with Crippen molar-refractivity contribution in [3.05, 3.63) is 24.0 Å². The van der Waals surface area contributed by atoms with Crippen molar-refractivity contribution in [1.82, 2.24) is 9.88 Å². The van der Waals surface area contributed by atoms with Crippen LogP contribution in [0.15, 0.2) is 18.5 Å². The average molecular weight is 287 g/mol. The SMILES string of the molecule is CCN(CCCBr)C(=O)c1ccncc1O. The first-order valence-electron chi connectivity index (χ1n) is 5.19. The van der Waals surface area contributed by atoms with Crippen molar-refractivity contribution in [2.45, 2.75) is 13.3 Å². The topological polar surface area (TPSA) is 53.4 Å². The van der Waals surface area contributed by atoms with Gasteiger partial charge in [0.25, 0.3) is 5.91 Å². The number of aromatic nitrogens is 1. The number of carbonyl (C=O) groups is 1. The van der Waals surface area contributed by atoms with Crippen molar-refractivity contribution in [3.8, 4) is 5.75 Å². The van der Waals surface area contributed by atoms with Crippen LogP contribution in [-0.2, 0) is 0 Å². The molecule has 0 aromatic carbocycles. The molecule has 0 saturated carbocycles. The fourth-order valence-electron chi connectivity index (χ4n) is 1.39. The lowest BCUT2D eigenvalue weighted by Gasteiger charge is -2.20. The van der Waals surface area contributed by atoms with E-state index in [1.54, 1.807) is 4.90 Å². The van der Waals surface area contributed by atoms with Crippen molar-refractivity contribution in [2.24, 2.45) is 0 Å². The average Bonchev–Trinajstić information content (AvgIpc) is 2.30. The van der Waals surface area contributed by atoms with Gasteiger partial charge in [-0.15, -0.1) is 0 Å². The minimum absolute atomic E-state index is 0.0650. The molecule has 0 atom stereocenters. The highest BCUT2D eigenvalue weighted by Gasteiger charge is 2.16. The summed E-state index contributed by atoms with van der Waals surface area (Å²) in [5.41, 5.74) is 0.312. The van der Waals surface area contributed by atoms with Gasteiger partial charge in [0, 0.05) is 24.6 Å². The second kappa shape index (κ2) is 6.48. The first-order chi connectivity index (χ1) is 7.70. The van der Waals surface area contributed by atoms with Crippen LogP contribution < -0.4 is 0 Å². The summed E-state index contributed by atoms with van der Waals surface area (Å²) in [6.45, 7) is 3.24. The normalized spacial score (nSPS) is 10.1. The molecule has 4 nitrogen and oxygen atoms in total. The van der Waals surface area contributed by atoms with Gasteiger partial charge in [-0.05, 0) is 19.4 Å². The first kappa shape index (κ1) is 13.0. The predicted molar refractivity (Wildman–Crippen MR) is 65.9 cm³/mol. The van der Waals surface area contributed by atoms with Gasteiger partial charge in [0.05, 0.1) is 11.8 Å². The van der Waals surface area contributed by atoms with Crippen molar-refractivity contribution < 1.29 is 9.90 Å². The third-order valence-corrected chi connectivity index (χ3v) is 2.82. The molecule has 0 radical (unpaired) electrons. The Kier molecular flexibility index (Phi) is 5.25. The van der Waals surface area contributed by atoms with Crippen molar-refractivity contribution in [3.63, 3.8) is 0 Å². The van der Waals surface area contributed by atoms with E-state index in [0.717, 1.165) is 11.8 Å². The summed E-state index contributed by atoms with van der Waals surface area (Å²) in [5.74, 6) is -0.215. The number of hydrogen-bond acceptors (Lipinski definition) is 3. The quantitative estimate of drug-likeness (QED) is 0.843. The maximum Gasteiger partial charge on any atom is 0.257 e. The number of rotatable bonds is 5. The Morgan fingerprint density at radius 3 is 2.94 bits per heavy atom. The summed E-state index contributed by atoms with van der Waals surface area (Å²) in [6.07, 6.45) is 3.68. The van der Waals surface area contributed by atoms with Gasteiger partial charge in [0.1, 0.15) is 5.75 Å². The summed E-state index contributed by atoms with van der Waals surface area (Å²) >= 11 is 3.33. The number of pyridine rings is 1. The fraction of sp³-hybridized carbons (Fsp3) is 0.455. The van der Waals surface area contributed by atoms with Gasteiger partial charge in [-0.25, -0.2) is 0 Å². The minimum Gasteiger partial charge on any atom is -0.505 e. The van der Waals surface area contributed by atoms with E-state index in [1.807, 2.05) is 6.92 Å². The van der Waals surface area contributed by atoms with Gasteiger partial charge in [-0.1, -0.05) is 15.9 Å². The zero-order valence-electron chi connectivity index (χ0n) is 9.19. The maximum absolute atomic E-state index is 12.0. The van der Waals surface area contributed by atoms with E-state index in [-0.39, 0.29) is 11.7 Å². The highest BCUT2D eigenvalue weighted by molar-refractivity contribution is 9.09. The van der Waals surface area contributed by atoms with Gasteiger partial charge in [0.2, 0.25) is 0 Å². The van der Waals surface area contributed by atoms with Crippen LogP contribution in [0, 0.1) is 0 Å². The molecular formula is C11H15BrN2O2. The molecular weight excluding hydrogens is 272 g/mol. The molecule has 1 aromatic rings. The Morgan fingerprint density at radius 1 is 1.62 bits per heavy atom. The molecule has 1 amide bonds. The summed E-state index contributed by atoms with van der Waals surface area (Å²) < 4.78 is 0. The molecule has 1 rings (SSSR count). The molecule has 88 valence electrons. The fourth-order valence-corrected chi connectivity index (χ4v) is 1.64. The zero-order chi connectivity index (χ0) is 12.0. The van der Waals surface area contributed by atoms with Gasteiger partial charge in [0.15, 0.2) is 0 Å². The molecule has 0 bridgehead atoms. The molecule has 0 aliphatic heterocycles. The molecule has 0 unspecified atom stereocenters. The number of nitrogens with zero attached hydrogens (tertiary/aromatic N) is 2. The van der Waals surface area contributed by atoms with Crippen LogP contribution in [0.4, 0.5) is 0 Å². The third-order valence-electron chi connectivity index (χ3n) is 2.26. The molecule has 0 spiro atoms. The highest BCUT2D eigenvalue weighted by Crippen LogP contribution is 2.16. The van der Waals surface area contributed by atoms with Gasteiger partial charge in [-0.2, -0.15) is 0 Å². The number of aromatic hydroxyl groups is 1. The molecule has 0 aliphatic rings. The number of hydrogen-bond donors (Lipinski definition) is 1. The standard InChI is InChI=1S/C11H15BrN2O2/c1-2-14(7-3-5-12)11(16)9-4-6-13-8-10(9)15/h4,6,8,15H,2-3,5,7H2,1H3. The summed E-state index contributed by atoms with van der Waals surface area (Å²) in [6, 6.07) is 1.54.